The van der Waals surface area contributed by atoms with Crippen LogP contribution in [-0.4, -0.2) is 40.9 Å². The van der Waals surface area contributed by atoms with Gasteiger partial charge in [0.25, 0.3) is 9.84 Å². The number of nitrogens with zero attached hydrogens (tertiary/aromatic N) is 2. The Morgan fingerprint density at radius 1 is 1.09 bits per heavy atom. The Balaban J connectivity index is 1.69. The number of carbonyl (C=O) groups excluding carboxylic acids is 2. The van der Waals surface area contributed by atoms with Crippen LogP contribution >= 0.6 is 22.7 Å². The van der Waals surface area contributed by atoms with E-state index in [-0.39, 0.29) is 31.8 Å². The van der Waals surface area contributed by atoms with Gasteiger partial charge in [0.1, 0.15) is 22.4 Å². The van der Waals surface area contributed by atoms with Gasteiger partial charge < -0.3 is 15.6 Å². The van der Waals surface area contributed by atoms with Gasteiger partial charge in [-0.2, -0.15) is 13.2 Å². The van der Waals surface area contributed by atoms with Crippen molar-refractivity contribution in [2.24, 2.45) is 5.73 Å². The van der Waals surface area contributed by atoms with Crippen molar-refractivity contribution >= 4 is 44.4 Å². The molecule has 0 bridgehead atoms. The van der Waals surface area contributed by atoms with E-state index in [0.717, 1.165) is 35.6 Å². The Bertz CT molecular complexity index is 1300. The smallest absolute Gasteiger partial charge is 0.443 e. The lowest BCUT2D eigenvalue weighted by Crippen LogP contribution is -2.23. The zero-order valence-corrected chi connectivity index (χ0v) is 19.5. The van der Waals surface area contributed by atoms with Gasteiger partial charge in [-0.1, -0.05) is 12.1 Å². The van der Waals surface area contributed by atoms with Crippen LogP contribution in [-0.2, 0) is 45.4 Å². The van der Waals surface area contributed by atoms with Crippen LogP contribution in [0.2, 0.25) is 0 Å². The monoisotopic (exact) mass is 535 g/mol. The van der Waals surface area contributed by atoms with Crippen molar-refractivity contribution in [3.63, 3.8) is 0 Å². The van der Waals surface area contributed by atoms with Crippen LogP contribution in [0.5, 0.6) is 0 Å². The summed E-state index contributed by atoms with van der Waals surface area (Å²) >= 11 is 2.33. The molecule has 3 aromatic rings. The highest BCUT2D eigenvalue weighted by molar-refractivity contribution is 7.92. The average Bonchev–Trinajstić information content (AvgIpc) is 3.38. The van der Waals surface area contributed by atoms with Gasteiger partial charge in [-0.3, -0.25) is 4.79 Å². The van der Waals surface area contributed by atoms with E-state index in [4.69, 9.17) is 10.5 Å². The van der Waals surface area contributed by atoms with Gasteiger partial charge in [0.15, 0.2) is 0 Å². The average molecular weight is 536 g/mol. The number of aromatic nitrogens is 2. The molecular formula is C19H16F3N3O6S3. The first-order valence-corrected chi connectivity index (χ1v) is 12.5. The third-order valence-electron chi connectivity index (χ3n) is 4.30. The van der Waals surface area contributed by atoms with Crippen LogP contribution in [0.1, 0.15) is 21.3 Å². The number of rotatable bonds is 9. The minimum atomic E-state index is -5.45. The SMILES string of the molecule is NC(=O)OCc1nc(CO)sc1-c1csc(CC(=O)Cc2ccc(S(=O)(=O)C(F)(F)F)cc2)n1. The molecule has 15 heteroatoms. The third-order valence-corrected chi connectivity index (χ3v) is 7.76. The minimum Gasteiger partial charge on any atom is -0.443 e. The number of Topliss-reactive ketones (excluding diaryl/α,β-unsaturated/α-hetero) is 1. The Labute approximate surface area is 199 Å². The first kappa shape index (κ1) is 25.7. The van der Waals surface area contributed by atoms with E-state index in [1.54, 1.807) is 5.38 Å². The first-order chi connectivity index (χ1) is 15.9. The lowest BCUT2D eigenvalue weighted by Gasteiger charge is -2.08. The number of benzene rings is 1. The summed E-state index contributed by atoms with van der Waals surface area (Å²) in [7, 11) is -5.45. The predicted octanol–water partition coefficient (Wildman–Crippen LogP) is 3.00. The maximum absolute atomic E-state index is 12.6. The number of carbonyl (C=O) groups is 2. The van der Waals surface area contributed by atoms with E-state index < -0.39 is 26.3 Å². The molecule has 0 saturated carbocycles. The zero-order valence-electron chi connectivity index (χ0n) is 17.0. The van der Waals surface area contributed by atoms with Gasteiger partial charge in [0, 0.05) is 11.8 Å². The fraction of sp³-hybridized carbons (Fsp3) is 0.263. The van der Waals surface area contributed by atoms with Gasteiger partial charge in [-0.15, -0.1) is 22.7 Å². The molecule has 0 aliphatic heterocycles. The van der Waals surface area contributed by atoms with E-state index in [9.17, 15) is 36.3 Å². The number of primary amides is 1. The van der Waals surface area contributed by atoms with E-state index in [0.29, 0.717) is 31.8 Å². The van der Waals surface area contributed by atoms with Crippen LogP contribution < -0.4 is 5.73 Å². The number of ketones is 1. The molecule has 34 heavy (non-hydrogen) atoms. The number of halogens is 3. The van der Waals surface area contributed by atoms with Gasteiger partial charge in [-0.25, -0.2) is 23.2 Å². The zero-order chi connectivity index (χ0) is 25.1. The Hall–Kier alpha value is -2.88. The van der Waals surface area contributed by atoms with Crippen molar-refractivity contribution in [1.29, 1.82) is 0 Å². The summed E-state index contributed by atoms with van der Waals surface area (Å²) in [6, 6.07) is 3.93. The minimum absolute atomic E-state index is 0.0634. The molecule has 0 radical (unpaired) electrons. The summed E-state index contributed by atoms with van der Waals surface area (Å²) in [5, 5.41) is 11.8. The summed E-state index contributed by atoms with van der Waals surface area (Å²) in [4.78, 5) is 31.5. The standard InChI is InChI=1S/C19H16F3N3O6S3/c20-19(21,22)34(29,30)12-3-1-10(2-4-12)5-11(27)6-15-25-14(9-32-15)17-13(8-31-18(23)28)24-16(7-26)33-17/h1-4,9,26H,5-8H2,(H2,23,28). The Morgan fingerprint density at radius 3 is 2.35 bits per heavy atom. The number of sulfone groups is 1. The van der Waals surface area contributed by atoms with E-state index in [2.05, 4.69) is 9.97 Å². The molecule has 0 aliphatic rings. The summed E-state index contributed by atoms with van der Waals surface area (Å²) in [5.41, 5.74) is 0.735. The number of ether oxygens (including phenoxy) is 1. The number of nitrogens with two attached hydrogens (primary N) is 1. The second-order valence-corrected chi connectivity index (χ2v) is 10.7. The molecule has 3 N–H and O–H groups in total. The van der Waals surface area contributed by atoms with Crippen molar-refractivity contribution in [2.75, 3.05) is 0 Å². The number of amides is 1. The summed E-state index contributed by atoms with van der Waals surface area (Å²) in [6.07, 6.45) is -1.18. The number of alkyl halides is 3. The van der Waals surface area contributed by atoms with Crippen LogP contribution in [0, 0.1) is 0 Å². The number of hydrogen-bond acceptors (Lipinski definition) is 10. The molecule has 0 aliphatic carbocycles. The van der Waals surface area contributed by atoms with Crippen molar-refractivity contribution in [1.82, 2.24) is 9.97 Å². The number of hydrogen-bond donors (Lipinski definition) is 2. The molecule has 1 amide bonds. The van der Waals surface area contributed by atoms with Crippen molar-refractivity contribution in [2.45, 2.75) is 36.5 Å². The van der Waals surface area contributed by atoms with Gasteiger partial charge in [0.05, 0.1) is 34.2 Å². The van der Waals surface area contributed by atoms with Gasteiger partial charge >= 0.3 is 11.6 Å². The van der Waals surface area contributed by atoms with Gasteiger partial charge in [-0.05, 0) is 17.7 Å². The number of aliphatic hydroxyl groups excluding tert-OH is 1. The molecule has 0 saturated heterocycles. The molecule has 9 nitrogen and oxygen atoms in total. The highest BCUT2D eigenvalue weighted by Gasteiger charge is 2.46. The Kier molecular flexibility index (Phi) is 7.70. The maximum Gasteiger partial charge on any atom is 0.501 e. The molecule has 0 unspecified atom stereocenters. The first-order valence-electron chi connectivity index (χ1n) is 9.29. The summed E-state index contributed by atoms with van der Waals surface area (Å²) in [5.74, 6) is -0.287. The molecule has 2 aromatic heterocycles. The van der Waals surface area contributed by atoms with Crippen LogP contribution in [0.4, 0.5) is 18.0 Å². The highest BCUT2D eigenvalue weighted by atomic mass is 32.2. The van der Waals surface area contributed by atoms with Crippen molar-refractivity contribution in [3.8, 4) is 10.6 Å². The quantitative estimate of drug-likeness (QED) is 0.425. The molecule has 3 rings (SSSR count). The molecule has 0 fully saturated rings. The number of thiazole rings is 2. The highest BCUT2D eigenvalue weighted by Crippen LogP contribution is 2.33. The Morgan fingerprint density at radius 2 is 1.76 bits per heavy atom. The lowest BCUT2D eigenvalue weighted by atomic mass is 10.1. The molecule has 2 heterocycles. The van der Waals surface area contributed by atoms with E-state index >= 15 is 0 Å². The molecule has 1 aromatic carbocycles. The van der Waals surface area contributed by atoms with Crippen molar-refractivity contribution in [3.05, 3.63) is 50.9 Å². The topological polar surface area (TPSA) is 150 Å². The molecular weight excluding hydrogens is 519 g/mol. The van der Waals surface area contributed by atoms with Gasteiger partial charge in [0.2, 0.25) is 0 Å². The van der Waals surface area contributed by atoms with Crippen molar-refractivity contribution < 1.29 is 41.0 Å². The number of aliphatic hydroxyl groups is 1. The summed E-state index contributed by atoms with van der Waals surface area (Å²) < 4.78 is 65.5. The lowest BCUT2D eigenvalue weighted by molar-refractivity contribution is -0.117. The largest absolute Gasteiger partial charge is 0.501 e. The fourth-order valence-electron chi connectivity index (χ4n) is 2.78. The summed E-state index contributed by atoms with van der Waals surface area (Å²) in [6.45, 7) is -0.542. The normalized spacial score (nSPS) is 12.0. The fourth-order valence-corrected chi connectivity index (χ4v) is 5.32. The maximum atomic E-state index is 12.6. The van der Waals surface area contributed by atoms with E-state index in [1.807, 2.05) is 0 Å². The van der Waals surface area contributed by atoms with Crippen LogP contribution in [0.25, 0.3) is 10.6 Å². The molecule has 0 spiro atoms. The van der Waals surface area contributed by atoms with Crippen LogP contribution in [0.3, 0.4) is 0 Å². The second-order valence-electron chi connectivity index (χ2n) is 6.76. The van der Waals surface area contributed by atoms with Crippen LogP contribution in [0.15, 0.2) is 34.5 Å². The van der Waals surface area contributed by atoms with E-state index in [1.165, 1.54) is 11.3 Å². The second kappa shape index (κ2) is 10.2. The molecule has 182 valence electrons. The third kappa shape index (κ3) is 5.97. The predicted molar refractivity (Wildman–Crippen MR) is 116 cm³/mol. The molecule has 0 atom stereocenters.